The Hall–Kier alpha value is -3.87. The lowest BCUT2D eigenvalue weighted by Crippen LogP contribution is -2.06. The van der Waals surface area contributed by atoms with Gasteiger partial charge in [-0.05, 0) is 90.6 Å². The van der Waals surface area contributed by atoms with Crippen molar-refractivity contribution in [1.29, 1.82) is 0 Å². The molecular formula is C30H32N2O5. The van der Waals surface area contributed by atoms with Crippen LogP contribution in [0.15, 0.2) is 59.9 Å². The third-order valence-electron chi connectivity index (χ3n) is 7.29. The Morgan fingerprint density at radius 1 is 1.16 bits per heavy atom. The van der Waals surface area contributed by atoms with Gasteiger partial charge >= 0.3 is 5.97 Å². The van der Waals surface area contributed by atoms with Crippen LogP contribution in [0.25, 0.3) is 11.1 Å². The number of rotatable bonds is 11. The molecule has 7 nitrogen and oxygen atoms in total. The van der Waals surface area contributed by atoms with E-state index in [-0.39, 0.29) is 17.8 Å². The number of fused-ring (bicyclic) bond motifs is 3. The van der Waals surface area contributed by atoms with Gasteiger partial charge < -0.3 is 19.4 Å². The average Bonchev–Trinajstić information content (AvgIpc) is 3.48. The van der Waals surface area contributed by atoms with Crippen molar-refractivity contribution in [2.75, 3.05) is 13.7 Å². The molecule has 1 fully saturated rings. The van der Waals surface area contributed by atoms with E-state index in [0.717, 1.165) is 58.5 Å². The van der Waals surface area contributed by atoms with Crippen LogP contribution < -0.4 is 9.47 Å². The van der Waals surface area contributed by atoms with Gasteiger partial charge in [0.05, 0.1) is 18.2 Å². The molecule has 2 aliphatic carbocycles. The number of carbonyl (C=O) groups is 1. The van der Waals surface area contributed by atoms with E-state index in [1.807, 2.05) is 31.2 Å². The molecule has 37 heavy (non-hydrogen) atoms. The number of ether oxygens (including phenoxy) is 2. The van der Waals surface area contributed by atoms with Gasteiger partial charge in [-0.15, -0.1) is 0 Å². The maximum atomic E-state index is 11.3. The molecule has 0 radical (unpaired) electrons. The lowest BCUT2D eigenvalue weighted by atomic mass is 9.99. The molecule has 0 spiro atoms. The highest BCUT2D eigenvalue weighted by Crippen LogP contribution is 2.61. The number of aryl methyl sites for hydroxylation is 1. The van der Waals surface area contributed by atoms with E-state index in [4.69, 9.17) is 14.3 Å². The number of hydrogen-bond acceptors (Lipinski definition) is 6. The minimum atomic E-state index is -0.697. The van der Waals surface area contributed by atoms with Gasteiger partial charge in [-0.3, -0.25) is 4.79 Å². The van der Waals surface area contributed by atoms with Crippen LogP contribution >= 0.6 is 0 Å². The third-order valence-corrected chi connectivity index (χ3v) is 7.29. The van der Waals surface area contributed by atoms with Crippen LogP contribution in [-0.4, -0.2) is 35.5 Å². The normalized spacial score (nSPS) is 19.6. The van der Waals surface area contributed by atoms with Crippen molar-refractivity contribution in [3.63, 3.8) is 0 Å². The number of aromatic nitrogens is 1. The minimum absolute atomic E-state index is 0.130. The molecule has 192 valence electrons. The van der Waals surface area contributed by atoms with E-state index in [1.54, 1.807) is 13.3 Å². The summed E-state index contributed by atoms with van der Waals surface area (Å²) >= 11 is 0. The summed E-state index contributed by atoms with van der Waals surface area (Å²) in [5.74, 6) is 0.859. The molecule has 1 N–H and O–H groups in total. The highest BCUT2D eigenvalue weighted by atomic mass is 16.6. The highest BCUT2D eigenvalue weighted by Gasteiger charge is 2.59. The van der Waals surface area contributed by atoms with Crippen molar-refractivity contribution in [1.82, 2.24) is 4.98 Å². The number of nitrogens with zero attached hydrogens (tertiary/aromatic N) is 2. The fourth-order valence-electron chi connectivity index (χ4n) is 5.44. The number of oxime groups is 1. The zero-order valence-electron chi connectivity index (χ0n) is 21.4. The Balaban J connectivity index is 1.18. The molecule has 7 heteroatoms. The zero-order valence-corrected chi connectivity index (χ0v) is 21.4. The molecule has 1 aromatic heterocycles. The first-order chi connectivity index (χ1) is 17.9. The molecule has 0 aliphatic heterocycles. The molecule has 3 aromatic rings. The summed E-state index contributed by atoms with van der Waals surface area (Å²) in [6, 6.07) is 16.5. The fourth-order valence-corrected chi connectivity index (χ4v) is 5.44. The summed E-state index contributed by atoms with van der Waals surface area (Å²) in [5.41, 5.74) is 7.68. The summed E-state index contributed by atoms with van der Waals surface area (Å²) in [7, 11) is 1.56. The first-order valence-electron chi connectivity index (χ1n) is 12.7. The van der Waals surface area contributed by atoms with Crippen molar-refractivity contribution < 1.29 is 24.2 Å². The van der Waals surface area contributed by atoms with Crippen molar-refractivity contribution in [2.24, 2.45) is 17.0 Å². The second-order valence-corrected chi connectivity index (χ2v) is 9.91. The van der Waals surface area contributed by atoms with E-state index in [1.165, 1.54) is 5.56 Å². The van der Waals surface area contributed by atoms with Gasteiger partial charge in [0.1, 0.15) is 19.5 Å². The first-order valence-corrected chi connectivity index (χ1v) is 12.7. The topological polar surface area (TPSA) is 90.2 Å². The zero-order chi connectivity index (χ0) is 25.9. The monoisotopic (exact) mass is 500 g/mol. The number of aliphatic carboxylic acids is 1. The van der Waals surface area contributed by atoms with Crippen LogP contribution in [0, 0.1) is 18.8 Å². The Morgan fingerprint density at radius 2 is 2.03 bits per heavy atom. The van der Waals surface area contributed by atoms with Gasteiger partial charge in [0, 0.05) is 18.2 Å². The van der Waals surface area contributed by atoms with Crippen molar-refractivity contribution in [2.45, 2.75) is 45.6 Å². The second kappa shape index (κ2) is 10.6. The predicted octanol–water partition coefficient (Wildman–Crippen LogP) is 5.79. The molecule has 0 saturated heterocycles. The van der Waals surface area contributed by atoms with E-state index < -0.39 is 5.97 Å². The van der Waals surface area contributed by atoms with Crippen LogP contribution in [0.1, 0.15) is 47.9 Å². The third kappa shape index (κ3) is 5.45. The summed E-state index contributed by atoms with van der Waals surface area (Å²) in [6.45, 7) is 5.08. The number of pyridine rings is 1. The molecule has 5 rings (SSSR count). The predicted molar refractivity (Wildman–Crippen MR) is 141 cm³/mol. The number of hydrogen-bond donors (Lipinski definition) is 1. The summed E-state index contributed by atoms with van der Waals surface area (Å²) < 4.78 is 11.9. The standard InChI is InChI=1S/C30H32N2O5/c1-18-12-23(36-11-5-6-19(2)32-35-3)9-10-24(18)21-8-4-7-20(13-21)17-37-27-15-22-14-25-28(26(22)16-31-27)29(25)30(33)34/h4,7-10,12-13,15-16,25,28-29H,5-6,11,14,17H2,1-3H3,(H,33,34)/b32-19+/t25-,28-,29+/m1/s1. The molecule has 3 atom stereocenters. The van der Waals surface area contributed by atoms with Gasteiger partial charge in [-0.1, -0.05) is 29.4 Å². The van der Waals surface area contributed by atoms with Crippen molar-refractivity contribution in [3.8, 4) is 22.8 Å². The maximum absolute atomic E-state index is 11.3. The molecular weight excluding hydrogens is 468 g/mol. The molecule has 2 aliphatic rings. The van der Waals surface area contributed by atoms with Crippen LogP contribution in [0.4, 0.5) is 0 Å². The summed E-state index contributed by atoms with van der Waals surface area (Å²) in [6.07, 6.45) is 4.32. The van der Waals surface area contributed by atoms with Crippen molar-refractivity contribution >= 4 is 11.7 Å². The summed E-state index contributed by atoms with van der Waals surface area (Å²) in [4.78, 5) is 20.5. The number of benzene rings is 2. The van der Waals surface area contributed by atoms with E-state index in [0.29, 0.717) is 19.1 Å². The second-order valence-electron chi connectivity index (χ2n) is 9.91. The van der Waals surface area contributed by atoms with E-state index in [9.17, 15) is 9.90 Å². The Morgan fingerprint density at radius 3 is 2.81 bits per heavy atom. The smallest absolute Gasteiger partial charge is 0.307 e. The van der Waals surface area contributed by atoms with Crippen LogP contribution in [-0.2, 0) is 22.7 Å². The molecule has 0 unspecified atom stereocenters. The minimum Gasteiger partial charge on any atom is -0.494 e. The van der Waals surface area contributed by atoms with Gasteiger partial charge in [0.25, 0.3) is 0 Å². The summed E-state index contributed by atoms with van der Waals surface area (Å²) in [5, 5.41) is 13.2. The van der Waals surface area contributed by atoms with Crippen molar-refractivity contribution in [3.05, 3.63) is 77.0 Å². The highest BCUT2D eigenvalue weighted by molar-refractivity contribution is 5.81. The lowest BCUT2D eigenvalue weighted by Gasteiger charge is -2.12. The van der Waals surface area contributed by atoms with Crippen LogP contribution in [0.5, 0.6) is 11.6 Å². The lowest BCUT2D eigenvalue weighted by molar-refractivity contribution is -0.139. The molecule has 1 saturated carbocycles. The van der Waals surface area contributed by atoms with Gasteiger partial charge in [0.2, 0.25) is 5.88 Å². The Labute approximate surface area is 217 Å². The van der Waals surface area contributed by atoms with Crippen LogP contribution in [0.2, 0.25) is 0 Å². The van der Waals surface area contributed by atoms with Crippen LogP contribution in [0.3, 0.4) is 0 Å². The quantitative estimate of drug-likeness (QED) is 0.204. The molecule has 1 heterocycles. The van der Waals surface area contributed by atoms with E-state index >= 15 is 0 Å². The maximum Gasteiger partial charge on any atom is 0.307 e. The molecule has 2 aromatic carbocycles. The van der Waals surface area contributed by atoms with E-state index in [2.05, 4.69) is 41.3 Å². The molecule has 0 bridgehead atoms. The molecule has 0 amide bonds. The Bertz CT molecular complexity index is 1340. The first kappa shape index (κ1) is 24.8. The SMILES string of the molecule is CO/N=C(\C)CCCOc1ccc(-c2cccc(COc3cc4c(cn3)[C@H]3[C@@H](C4)[C@@H]3C(=O)O)c2)c(C)c1. The number of carboxylic acids is 1. The van der Waals surface area contributed by atoms with Gasteiger partial charge in [-0.2, -0.15) is 0 Å². The largest absolute Gasteiger partial charge is 0.494 e. The average molecular weight is 501 g/mol. The van der Waals surface area contributed by atoms with Gasteiger partial charge in [-0.25, -0.2) is 4.98 Å². The van der Waals surface area contributed by atoms with Gasteiger partial charge in [0.15, 0.2) is 0 Å². The number of carboxylic acid groups (broad SMARTS) is 1. The fraction of sp³-hybridized carbons (Fsp3) is 0.367. The Kier molecular flexibility index (Phi) is 7.12.